The highest BCUT2D eigenvalue weighted by atomic mass is 35.5. The van der Waals surface area contributed by atoms with Gasteiger partial charge in [0, 0.05) is 23.8 Å². The second-order valence-corrected chi connectivity index (χ2v) is 5.98. The number of hydrogen-bond acceptors (Lipinski definition) is 3. The van der Waals surface area contributed by atoms with Gasteiger partial charge in [0.05, 0.1) is 23.9 Å². The molecule has 2 aromatic rings. The fourth-order valence-electron chi connectivity index (χ4n) is 2.88. The average molecular weight is 334 g/mol. The lowest BCUT2D eigenvalue weighted by Gasteiger charge is -2.22. The molecule has 0 aliphatic carbocycles. The molecule has 1 N–H and O–H groups in total. The summed E-state index contributed by atoms with van der Waals surface area (Å²) in [5, 5.41) is 13.7. The Labute approximate surface area is 138 Å². The number of nitrogens with zero attached hydrogens (tertiary/aromatic N) is 3. The van der Waals surface area contributed by atoms with Crippen molar-refractivity contribution in [1.82, 2.24) is 14.7 Å². The fraction of sp³-hybridized carbons (Fsp3) is 0.312. The lowest BCUT2D eigenvalue weighted by atomic mass is 10.1. The average Bonchev–Trinajstić information content (AvgIpc) is 3.15. The van der Waals surface area contributed by atoms with Crippen LogP contribution in [0.2, 0.25) is 5.02 Å². The molecule has 23 heavy (non-hydrogen) atoms. The fourth-order valence-corrected chi connectivity index (χ4v) is 3.06. The Bertz CT molecular complexity index is 744. The normalized spacial score (nSPS) is 17.4. The van der Waals surface area contributed by atoms with Gasteiger partial charge in [0.15, 0.2) is 0 Å². The third-order valence-corrected chi connectivity index (χ3v) is 4.19. The lowest BCUT2D eigenvalue weighted by molar-refractivity contribution is -0.137. The van der Waals surface area contributed by atoms with Gasteiger partial charge < -0.3 is 10.0 Å². The number of likely N-dealkylation sites (tertiary alicyclic amines) is 1. The molecule has 1 amide bonds. The van der Waals surface area contributed by atoms with Gasteiger partial charge in [-0.25, -0.2) is 4.68 Å². The van der Waals surface area contributed by atoms with Gasteiger partial charge in [0.2, 0.25) is 0 Å². The highest BCUT2D eigenvalue weighted by Gasteiger charge is 2.31. The molecule has 3 rings (SSSR count). The number of hydrogen-bond donors (Lipinski definition) is 1. The zero-order chi connectivity index (χ0) is 16.4. The minimum absolute atomic E-state index is 0.0197. The molecule has 0 bridgehead atoms. The Balaban J connectivity index is 1.79. The Kier molecular flexibility index (Phi) is 4.34. The van der Waals surface area contributed by atoms with Crippen molar-refractivity contribution in [2.45, 2.75) is 25.3 Å². The van der Waals surface area contributed by atoms with Crippen LogP contribution in [0.1, 0.15) is 29.6 Å². The molecule has 1 saturated heterocycles. The molecule has 1 aromatic heterocycles. The van der Waals surface area contributed by atoms with Crippen molar-refractivity contribution in [1.29, 1.82) is 0 Å². The van der Waals surface area contributed by atoms with E-state index < -0.39 is 5.97 Å². The number of rotatable bonds is 4. The monoisotopic (exact) mass is 333 g/mol. The number of carboxylic acids is 1. The molecule has 1 fully saturated rings. The second kappa shape index (κ2) is 6.42. The van der Waals surface area contributed by atoms with Crippen LogP contribution in [0.4, 0.5) is 0 Å². The van der Waals surface area contributed by atoms with E-state index in [1.807, 2.05) is 12.1 Å². The van der Waals surface area contributed by atoms with E-state index in [0.29, 0.717) is 17.1 Å². The van der Waals surface area contributed by atoms with E-state index in [1.165, 1.54) is 6.20 Å². The van der Waals surface area contributed by atoms with Crippen LogP contribution in [0.25, 0.3) is 5.69 Å². The third-order valence-electron chi connectivity index (χ3n) is 3.95. The summed E-state index contributed by atoms with van der Waals surface area (Å²) in [5.74, 6) is -1.06. The van der Waals surface area contributed by atoms with Gasteiger partial charge in [-0.15, -0.1) is 0 Å². The van der Waals surface area contributed by atoms with Crippen LogP contribution in [-0.4, -0.2) is 44.3 Å². The van der Waals surface area contributed by atoms with Gasteiger partial charge >= 0.3 is 5.97 Å². The molecule has 0 spiro atoms. The number of benzene rings is 1. The molecular weight excluding hydrogens is 318 g/mol. The first-order valence-corrected chi connectivity index (χ1v) is 7.76. The SMILES string of the molecule is O=C(O)CC1CCCN1C(=O)c1cnn(-c2cccc(Cl)c2)c1. The zero-order valence-electron chi connectivity index (χ0n) is 12.4. The smallest absolute Gasteiger partial charge is 0.305 e. The van der Waals surface area contributed by atoms with Gasteiger partial charge in [0.25, 0.3) is 5.91 Å². The lowest BCUT2D eigenvalue weighted by Crippen LogP contribution is -2.36. The summed E-state index contributed by atoms with van der Waals surface area (Å²) in [6, 6.07) is 6.93. The van der Waals surface area contributed by atoms with Gasteiger partial charge in [-0.1, -0.05) is 17.7 Å². The van der Waals surface area contributed by atoms with Crippen molar-refractivity contribution in [3.8, 4) is 5.69 Å². The largest absolute Gasteiger partial charge is 0.481 e. The number of halogens is 1. The summed E-state index contributed by atoms with van der Waals surface area (Å²) >= 11 is 5.96. The molecule has 0 saturated carbocycles. The van der Waals surface area contributed by atoms with E-state index >= 15 is 0 Å². The van der Waals surface area contributed by atoms with Crippen molar-refractivity contribution < 1.29 is 14.7 Å². The molecule has 1 aliphatic heterocycles. The van der Waals surface area contributed by atoms with Crippen molar-refractivity contribution in [3.05, 3.63) is 47.2 Å². The van der Waals surface area contributed by atoms with Crippen molar-refractivity contribution in [2.75, 3.05) is 6.54 Å². The molecular formula is C16H16ClN3O3. The number of amides is 1. The van der Waals surface area contributed by atoms with Gasteiger partial charge in [-0.2, -0.15) is 5.10 Å². The number of aliphatic carboxylic acids is 1. The predicted molar refractivity (Wildman–Crippen MR) is 84.9 cm³/mol. The summed E-state index contributed by atoms with van der Waals surface area (Å²) in [5.41, 5.74) is 1.21. The number of carbonyl (C=O) groups excluding carboxylic acids is 1. The number of aromatic nitrogens is 2. The first kappa shape index (κ1) is 15.6. The Morgan fingerprint density at radius 2 is 2.22 bits per heavy atom. The van der Waals surface area contributed by atoms with E-state index in [2.05, 4.69) is 5.10 Å². The summed E-state index contributed by atoms with van der Waals surface area (Å²) in [7, 11) is 0. The summed E-state index contributed by atoms with van der Waals surface area (Å²) < 4.78 is 1.58. The Hall–Kier alpha value is -2.34. The number of carbonyl (C=O) groups is 2. The number of carboxylic acid groups (broad SMARTS) is 1. The van der Waals surface area contributed by atoms with Crippen LogP contribution in [0.3, 0.4) is 0 Å². The standard InChI is InChI=1S/C16H16ClN3O3/c17-12-3-1-4-14(7-12)20-10-11(9-18-20)16(23)19-6-2-5-13(19)8-15(21)22/h1,3-4,7,9-10,13H,2,5-6,8H2,(H,21,22). The highest BCUT2D eigenvalue weighted by molar-refractivity contribution is 6.30. The maximum Gasteiger partial charge on any atom is 0.305 e. The molecule has 2 heterocycles. The minimum atomic E-state index is -0.885. The molecule has 6 nitrogen and oxygen atoms in total. The quantitative estimate of drug-likeness (QED) is 0.933. The molecule has 1 aromatic carbocycles. The van der Waals surface area contributed by atoms with Crippen molar-refractivity contribution in [2.24, 2.45) is 0 Å². The van der Waals surface area contributed by atoms with E-state index in [-0.39, 0.29) is 18.4 Å². The second-order valence-electron chi connectivity index (χ2n) is 5.55. The molecule has 0 radical (unpaired) electrons. The Morgan fingerprint density at radius 3 is 2.96 bits per heavy atom. The van der Waals surface area contributed by atoms with Crippen LogP contribution in [0.15, 0.2) is 36.7 Å². The molecule has 7 heteroatoms. The van der Waals surface area contributed by atoms with E-state index in [9.17, 15) is 9.59 Å². The van der Waals surface area contributed by atoms with Crippen LogP contribution < -0.4 is 0 Å². The van der Waals surface area contributed by atoms with E-state index in [0.717, 1.165) is 18.5 Å². The highest BCUT2D eigenvalue weighted by Crippen LogP contribution is 2.23. The van der Waals surface area contributed by atoms with Gasteiger partial charge in [-0.3, -0.25) is 9.59 Å². The first-order chi connectivity index (χ1) is 11.0. The van der Waals surface area contributed by atoms with Gasteiger partial charge in [0.1, 0.15) is 0 Å². The topological polar surface area (TPSA) is 75.4 Å². The van der Waals surface area contributed by atoms with E-state index in [1.54, 1.807) is 27.9 Å². The van der Waals surface area contributed by atoms with Crippen LogP contribution in [-0.2, 0) is 4.79 Å². The van der Waals surface area contributed by atoms with Crippen LogP contribution >= 0.6 is 11.6 Å². The maximum atomic E-state index is 12.6. The molecule has 1 aliphatic rings. The van der Waals surface area contributed by atoms with Crippen LogP contribution in [0.5, 0.6) is 0 Å². The summed E-state index contributed by atoms with van der Waals surface area (Å²) in [6.07, 6.45) is 4.67. The molecule has 1 unspecified atom stereocenters. The van der Waals surface area contributed by atoms with Crippen molar-refractivity contribution in [3.63, 3.8) is 0 Å². The predicted octanol–water partition coefficient (Wildman–Crippen LogP) is 2.61. The van der Waals surface area contributed by atoms with E-state index in [4.69, 9.17) is 16.7 Å². The Morgan fingerprint density at radius 1 is 1.39 bits per heavy atom. The molecule has 1 atom stereocenters. The first-order valence-electron chi connectivity index (χ1n) is 7.38. The summed E-state index contributed by atoms with van der Waals surface area (Å²) in [4.78, 5) is 25.2. The van der Waals surface area contributed by atoms with Crippen LogP contribution in [0, 0.1) is 0 Å². The minimum Gasteiger partial charge on any atom is -0.481 e. The third kappa shape index (κ3) is 3.37. The summed E-state index contributed by atoms with van der Waals surface area (Å²) in [6.45, 7) is 0.582. The molecule has 120 valence electrons. The zero-order valence-corrected chi connectivity index (χ0v) is 13.1. The maximum absolute atomic E-state index is 12.6. The van der Waals surface area contributed by atoms with Gasteiger partial charge in [-0.05, 0) is 31.0 Å². The van der Waals surface area contributed by atoms with Crippen molar-refractivity contribution >= 4 is 23.5 Å².